The molecule has 18 heavy (non-hydrogen) atoms. The van der Waals surface area contributed by atoms with E-state index in [1.807, 2.05) is 13.0 Å². The number of hydrogen-bond donors (Lipinski definition) is 2. The predicted molar refractivity (Wildman–Crippen MR) is 68.3 cm³/mol. The van der Waals surface area contributed by atoms with Crippen molar-refractivity contribution in [3.05, 3.63) is 35.6 Å². The number of carbonyl (C=O) groups is 1. The monoisotopic (exact) mass is 250 g/mol. The van der Waals surface area contributed by atoms with E-state index in [4.69, 9.17) is 5.73 Å². The number of hydrogen-bond acceptors (Lipinski definition) is 2. The summed E-state index contributed by atoms with van der Waals surface area (Å²) in [5.74, 6) is -0.293. The van der Waals surface area contributed by atoms with E-state index in [1.165, 1.54) is 12.1 Å². The molecular formula is C14H19FN2O. The molecule has 0 heterocycles. The van der Waals surface area contributed by atoms with Crippen molar-refractivity contribution in [2.45, 2.75) is 32.2 Å². The fourth-order valence-corrected chi connectivity index (χ4v) is 2.34. The molecule has 1 amide bonds. The average molecular weight is 250 g/mol. The minimum atomic E-state index is -0.387. The standard InChI is InChI=1S/C14H19FN2O/c1-10(11-4-2-5-12(15)8-11)17-13(18)14(9-16)6-3-7-14/h2,4-5,8,10H,3,6-7,9,16H2,1H3,(H,17,18). The van der Waals surface area contributed by atoms with Crippen LogP contribution in [0, 0.1) is 11.2 Å². The smallest absolute Gasteiger partial charge is 0.227 e. The summed E-state index contributed by atoms with van der Waals surface area (Å²) in [6, 6.07) is 6.10. The lowest BCUT2D eigenvalue weighted by atomic mass is 9.68. The highest BCUT2D eigenvalue weighted by molar-refractivity contribution is 5.84. The Hall–Kier alpha value is -1.42. The third kappa shape index (κ3) is 2.38. The fraction of sp³-hybridized carbons (Fsp3) is 0.500. The molecule has 0 aliphatic heterocycles. The topological polar surface area (TPSA) is 55.1 Å². The number of nitrogens with one attached hydrogen (secondary N) is 1. The van der Waals surface area contributed by atoms with E-state index in [0.717, 1.165) is 24.8 Å². The molecule has 0 aromatic heterocycles. The molecule has 0 spiro atoms. The number of carbonyl (C=O) groups excluding carboxylic acids is 1. The Bertz CT molecular complexity index is 438. The summed E-state index contributed by atoms with van der Waals surface area (Å²) in [7, 11) is 0. The fourth-order valence-electron chi connectivity index (χ4n) is 2.34. The van der Waals surface area contributed by atoms with Gasteiger partial charge in [-0.1, -0.05) is 18.6 Å². The van der Waals surface area contributed by atoms with E-state index in [0.29, 0.717) is 6.54 Å². The molecule has 1 unspecified atom stereocenters. The Labute approximate surface area is 107 Å². The predicted octanol–water partition coefficient (Wildman–Crippen LogP) is 2.13. The molecule has 1 aliphatic rings. The molecule has 1 atom stereocenters. The summed E-state index contributed by atoms with van der Waals surface area (Å²) >= 11 is 0. The van der Waals surface area contributed by atoms with Gasteiger partial charge in [0.2, 0.25) is 5.91 Å². The zero-order valence-electron chi connectivity index (χ0n) is 10.6. The molecule has 0 radical (unpaired) electrons. The number of amides is 1. The first-order chi connectivity index (χ1) is 8.57. The molecule has 1 saturated carbocycles. The van der Waals surface area contributed by atoms with Crippen molar-refractivity contribution in [2.24, 2.45) is 11.1 Å². The Kier molecular flexibility index (Phi) is 3.66. The number of rotatable bonds is 4. The quantitative estimate of drug-likeness (QED) is 0.860. The van der Waals surface area contributed by atoms with E-state index in [2.05, 4.69) is 5.32 Å². The summed E-state index contributed by atoms with van der Waals surface area (Å²) in [5, 5.41) is 2.93. The maximum Gasteiger partial charge on any atom is 0.227 e. The number of benzene rings is 1. The molecule has 1 aromatic rings. The SMILES string of the molecule is CC(NC(=O)C1(CN)CCC1)c1cccc(F)c1. The van der Waals surface area contributed by atoms with Crippen LogP contribution in [0.25, 0.3) is 0 Å². The van der Waals surface area contributed by atoms with Crippen molar-refractivity contribution in [3.8, 4) is 0 Å². The van der Waals surface area contributed by atoms with Crippen LogP contribution < -0.4 is 11.1 Å². The van der Waals surface area contributed by atoms with Crippen molar-refractivity contribution >= 4 is 5.91 Å². The Morgan fingerprint density at radius 1 is 1.56 bits per heavy atom. The van der Waals surface area contributed by atoms with Crippen molar-refractivity contribution in [1.82, 2.24) is 5.32 Å². The van der Waals surface area contributed by atoms with Crippen molar-refractivity contribution in [3.63, 3.8) is 0 Å². The maximum atomic E-state index is 13.1. The molecular weight excluding hydrogens is 231 g/mol. The highest BCUT2D eigenvalue weighted by Gasteiger charge is 2.43. The lowest BCUT2D eigenvalue weighted by Gasteiger charge is -2.39. The van der Waals surface area contributed by atoms with Crippen LogP contribution in [0.3, 0.4) is 0 Å². The Morgan fingerprint density at radius 2 is 2.28 bits per heavy atom. The third-order valence-electron chi connectivity index (χ3n) is 3.88. The maximum absolute atomic E-state index is 13.1. The second kappa shape index (κ2) is 5.06. The molecule has 0 saturated heterocycles. The van der Waals surface area contributed by atoms with E-state index < -0.39 is 0 Å². The van der Waals surface area contributed by atoms with Gasteiger partial charge in [-0.05, 0) is 37.5 Å². The summed E-state index contributed by atoms with van der Waals surface area (Å²) in [6.45, 7) is 2.24. The van der Waals surface area contributed by atoms with E-state index >= 15 is 0 Å². The van der Waals surface area contributed by atoms with Gasteiger partial charge in [0.1, 0.15) is 5.82 Å². The van der Waals surface area contributed by atoms with Gasteiger partial charge in [-0.25, -0.2) is 4.39 Å². The van der Waals surface area contributed by atoms with Gasteiger partial charge in [0.25, 0.3) is 0 Å². The zero-order valence-corrected chi connectivity index (χ0v) is 10.6. The second-order valence-corrected chi connectivity index (χ2v) is 5.09. The first-order valence-electron chi connectivity index (χ1n) is 6.34. The molecule has 0 bridgehead atoms. The van der Waals surface area contributed by atoms with Gasteiger partial charge < -0.3 is 11.1 Å². The van der Waals surface area contributed by atoms with Gasteiger partial charge in [-0.15, -0.1) is 0 Å². The minimum Gasteiger partial charge on any atom is -0.349 e. The van der Waals surface area contributed by atoms with E-state index in [1.54, 1.807) is 6.07 Å². The summed E-state index contributed by atoms with van der Waals surface area (Å²) in [5.41, 5.74) is 6.07. The first kappa shape index (κ1) is 13.0. The minimum absolute atomic E-state index is 0.00647. The zero-order chi connectivity index (χ0) is 13.2. The van der Waals surface area contributed by atoms with Crippen LogP contribution in [-0.4, -0.2) is 12.5 Å². The van der Waals surface area contributed by atoms with E-state index in [-0.39, 0.29) is 23.2 Å². The normalized spacial score (nSPS) is 18.8. The summed E-state index contributed by atoms with van der Waals surface area (Å²) in [6.07, 6.45) is 2.76. The van der Waals surface area contributed by atoms with Crippen LogP contribution in [0.5, 0.6) is 0 Å². The molecule has 4 heteroatoms. The van der Waals surface area contributed by atoms with Crippen molar-refractivity contribution < 1.29 is 9.18 Å². The van der Waals surface area contributed by atoms with Crippen molar-refractivity contribution in [2.75, 3.05) is 6.54 Å². The average Bonchev–Trinajstić information content (AvgIpc) is 2.28. The third-order valence-corrected chi connectivity index (χ3v) is 3.88. The van der Waals surface area contributed by atoms with Gasteiger partial charge >= 0.3 is 0 Å². The Morgan fingerprint density at radius 3 is 2.78 bits per heavy atom. The Balaban J connectivity index is 2.03. The van der Waals surface area contributed by atoms with Crippen LogP contribution in [0.4, 0.5) is 4.39 Å². The van der Waals surface area contributed by atoms with Crippen LogP contribution in [0.1, 0.15) is 37.8 Å². The molecule has 3 N–H and O–H groups in total. The number of halogens is 1. The van der Waals surface area contributed by atoms with E-state index in [9.17, 15) is 9.18 Å². The molecule has 3 nitrogen and oxygen atoms in total. The highest BCUT2D eigenvalue weighted by Crippen LogP contribution is 2.40. The van der Waals surface area contributed by atoms with Crippen molar-refractivity contribution in [1.29, 1.82) is 0 Å². The summed E-state index contributed by atoms with van der Waals surface area (Å²) < 4.78 is 13.1. The van der Waals surface area contributed by atoms with Gasteiger partial charge in [0.15, 0.2) is 0 Å². The highest BCUT2D eigenvalue weighted by atomic mass is 19.1. The molecule has 2 rings (SSSR count). The second-order valence-electron chi connectivity index (χ2n) is 5.09. The lowest BCUT2D eigenvalue weighted by molar-refractivity contribution is -0.135. The van der Waals surface area contributed by atoms with Crippen LogP contribution >= 0.6 is 0 Å². The van der Waals surface area contributed by atoms with Gasteiger partial charge in [-0.3, -0.25) is 4.79 Å². The van der Waals surface area contributed by atoms with Gasteiger partial charge in [0.05, 0.1) is 11.5 Å². The largest absolute Gasteiger partial charge is 0.349 e. The van der Waals surface area contributed by atoms with Crippen LogP contribution in [-0.2, 0) is 4.79 Å². The lowest BCUT2D eigenvalue weighted by Crippen LogP contribution is -2.50. The molecule has 98 valence electrons. The molecule has 1 aromatic carbocycles. The first-order valence-corrected chi connectivity index (χ1v) is 6.34. The van der Waals surface area contributed by atoms with Gasteiger partial charge in [0, 0.05) is 6.54 Å². The van der Waals surface area contributed by atoms with Crippen LogP contribution in [0.2, 0.25) is 0 Å². The van der Waals surface area contributed by atoms with Crippen LogP contribution in [0.15, 0.2) is 24.3 Å². The molecule has 1 aliphatic carbocycles. The molecule has 1 fully saturated rings. The van der Waals surface area contributed by atoms with Gasteiger partial charge in [-0.2, -0.15) is 0 Å². The summed E-state index contributed by atoms with van der Waals surface area (Å²) in [4.78, 5) is 12.2. The number of nitrogens with two attached hydrogens (primary N) is 1.